The molecule has 2 amide bonds. The lowest BCUT2D eigenvalue weighted by atomic mass is 9.78. The minimum absolute atomic E-state index is 0.203. The van der Waals surface area contributed by atoms with Crippen LogP contribution in [0.15, 0.2) is 18.2 Å². The summed E-state index contributed by atoms with van der Waals surface area (Å²) in [6.07, 6.45) is 3.39. The van der Waals surface area contributed by atoms with Gasteiger partial charge in [0.2, 0.25) is 0 Å². The molecule has 0 aromatic heterocycles. The highest BCUT2D eigenvalue weighted by Crippen LogP contribution is 2.29. The molecule has 4 heteroatoms. The molecule has 1 aliphatic carbocycles. The van der Waals surface area contributed by atoms with Gasteiger partial charge in [-0.15, -0.1) is 0 Å². The third-order valence-electron chi connectivity index (χ3n) is 4.45. The first kappa shape index (κ1) is 14.8. The molecular formula is C16H23FN2O. The number of aryl methyl sites for hydroxylation is 1. The van der Waals surface area contributed by atoms with Gasteiger partial charge in [0.25, 0.3) is 0 Å². The highest BCUT2D eigenvalue weighted by atomic mass is 19.1. The maximum atomic E-state index is 13.4. The third-order valence-corrected chi connectivity index (χ3v) is 4.45. The van der Waals surface area contributed by atoms with E-state index < -0.39 is 0 Å². The molecule has 0 heterocycles. The summed E-state index contributed by atoms with van der Waals surface area (Å²) >= 11 is 0. The zero-order valence-electron chi connectivity index (χ0n) is 12.4. The Morgan fingerprint density at radius 3 is 2.75 bits per heavy atom. The molecular weight excluding hydrogens is 255 g/mol. The normalized spacial score (nSPS) is 26.1. The molecule has 2 rings (SSSR count). The highest BCUT2D eigenvalue weighted by Gasteiger charge is 2.28. The summed E-state index contributed by atoms with van der Waals surface area (Å²) in [6.45, 7) is 6.11. The zero-order valence-corrected chi connectivity index (χ0v) is 12.4. The summed E-state index contributed by atoms with van der Waals surface area (Å²) in [5.41, 5.74) is 1.06. The first-order valence-electron chi connectivity index (χ1n) is 7.31. The number of anilines is 1. The van der Waals surface area contributed by atoms with Crippen LogP contribution in [0.2, 0.25) is 0 Å². The van der Waals surface area contributed by atoms with Gasteiger partial charge in [-0.05, 0) is 42.9 Å². The molecule has 1 saturated carbocycles. The number of nitrogens with one attached hydrogen (secondary N) is 2. The molecule has 0 spiro atoms. The Morgan fingerprint density at radius 1 is 1.30 bits per heavy atom. The molecule has 20 heavy (non-hydrogen) atoms. The van der Waals surface area contributed by atoms with Crippen LogP contribution in [-0.2, 0) is 0 Å². The van der Waals surface area contributed by atoms with E-state index in [-0.39, 0.29) is 17.9 Å². The lowest BCUT2D eigenvalue weighted by Gasteiger charge is -2.34. The molecule has 110 valence electrons. The molecule has 1 fully saturated rings. The summed E-state index contributed by atoms with van der Waals surface area (Å²) in [6, 6.07) is 4.68. The molecule has 0 radical (unpaired) electrons. The van der Waals surface area contributed by atoms with Crippen molar-refractivity contribution in [2.75, 3.05) is 5.32 Å². The summed E-state index contributed by atoms with van der Waals surface area (Å²) in [5.74, 6) is 0.803. The van der Waals surface area contributed by atoms with E-state index in [0.29, 0.717) is 23.1 Å². The van der Waals surface area contributed by atoms with E-state index in [1.54, 1.807) is 19.1 Å². The molecule has 0 aliphatic heterocycles. The van der Waals surface area contributed by atoms with Gasteiger partial charge in [0.15, 0.2) is 0 Å². The van der Waals surface area contributed by atoms with Crippen LogP contribution in [0, 0.1) is 24.6 Å². The highest BCUT2D eigenvalue weighted by molar-refractivity contribution is 5.89. The van der Waals surface area contributed by atoms with E-state index in [1.165, 1.54) is 12.5 Å². The Morgan fingerprint density at radius 2 is 2.05 bits per heavy atom. The van der Waals surface area contributed by atoms with Gasteiger partial charge in [-0.1, -0.05) is 32.8 Å². The largest absolute Gasteiger partial charge is 0.335 e. The van der Waals surface area contributed by atoms with Gasteiger partial charge >= 0.3 is 6.03 Å². The Kier molecular flexibility index (Phi) is 4.63. The van der Waals surface area contributed by atoms with Crippen molar-refractivity contribution in [3.05, 3.63) is 29.6 Å². The average Bonchev–Trinajstić information content (AvgIpc) is 2.39. The maximum absolute atomic E-state index is 13.4. The second kappa shape index (κ2) is 6.25. The SMILES string of the molecule is Cc1ccc(NC(=O)N[C@@H]2CCC[C@@H](C)[C@H]2C)cc1F. The Balaban J connectivity index is 1.93. The second-order valence-electron chi connectivity index (χ2n) is 5.94. The first-order chi connectivity index (χ1) is 9.47. The van der Waals surface area contributed by atoms with E-state index in [9.17, 15) is 9.18 Å². The van der Waals surface area contributed by atoms with Crippen LogP contribution in [0.3, 0.4) is 0 Å². The second-order valence-corrected chi connectivity index (χ2v) is 5.94. The van der Waals surface area contributed by atoms with Crippen molar-refractivity contribution in [2.45, 2.75) is 46.1 Å². The molecule has 0 saturated heterocycles. The average molecular weight is 278 g/mol. The minimum Gasteiger partial charge on any atom is -0.335 e. The number of urea groups is 1. The van der Waals surface area contributed by atoms with E-state index in [0.717, 1.165) is 12.8 Å². The predicted molar refractivity (Wildman–Crippen MR) is 79.3 cm³/mol. The van der Waals surface area contributed by atoms with Gasteiger partial charge in [-0.25, -0.2) is 9.18 Å². The minimum atomic E-state index is -0.303. The number of rotatable bonds is 2. The van der Waals surface area contributed by atoms with Crippen LogP contribution in [0.25, 0.3) is 0 Å². The fraction of sp³-hybridized carbons (Fsp3) is 0.562. The van der Waals surface area contributed by atoms with Crippen molar-refractivity contribution in [2.24, 2.45) is 11.8 Å². The number of halogens is 1. The summed E-state index contributed by atoms with van der Waals surface area (Å²) < 4.78 is 13.4. The Hall–Kier alpha value is -1.58. The van der Waals surface area contributed by atoms with E-state index in [4.69, 9.17) is 0 Å². The van der Waals surface area contributed by atoms with Crippen molar-refractivity contribution >= 4 is 11.7 Å². The van der Waals surface area contributed by atoms with Crippen molar-refractivity contribution < 1.29 is 9.18 Å². The standard InChI is InChI=1S/C16H23FN2O/c1-10-5-4-6-15(12(10)3)19-16(20)18-13-8-7-11(2)14(17)9-13/h7-10,12,15H,4-6H2,1-3H3,(H2,18,19,20)/t10-,12-,15-/m1/s1. The molecule has 3 nitrogen and oxygen atoms in total. The first-order valence-corrected chi connectivity index (χ1v) is 7.31. The maximum Gasteiger partial charge on any atom is 0.319 e. The van der Waals surface area contributed by atoms with Gasteiger partial charge in [0.05, 0.1) is 0 Å². The van der Waals surface area contributed by atoms with Crippen LogP contribution in [0.1, 0.15) is 38.7 Å². The summed E-state index contributed by atoms with van der Waals surface area (Å²) in [7, 11) is 0. The quantitative estimate of drug-likeness (QED) is 0.841. The Labute approximate surface area is 120 Å². The molecule has 3 atom stereocenters. The van der Waals surface area contributed by atoms with Crippen LogP contribution < -0.4 is 10.6 Å². The van der Waals surface area contributed by atoms with Crippen LogP contribution in [0.4, 0.5) is 14.9 Å². The van der Waals surface area contributed by atoms with Crippen molar-refractivity contribution in [1.82, 2.24) is 5.32 Å². The summed E-state index contributed by atoms with van der Waals surface area (Å²) in [4.78, 5) is 12.0. The van der Waals surface area contributed by atoms with Crippen LogP contribution >= 0.6 is 0 Å². The molecule has 1 aliphatic rings. The lowest BCUT2D eigenvalue weighted by molar-refractivity contribution is 0.201. The molecule has 0 unspecified atom stereocenters. The predicted octanol–water partition coefficient (Wildman–Crippen LogP) is 4.08. The zero-order chi connectivity index (χ0) is 14.7. The number of amides is 2. The van der Waals surface area contributed by atoms with Crippen LogP contribution in [0.5, 0.6) is 0 Å². The number of benzene rings is 1. The summed E-state index contributed by atoms with van der Waals surface area (Å²) in [5, 5.41) is 5.71. The van der Waals surface area contributed by atoms with Gasteiger partial charge in [0, 0.05) is 11.7 Å². The fourth-order valence-corrected chi connectivity index (χ4v) is 2.79. The molecule has 0 bridgehead atoms. The number of carbonyl (C=O) groups is 1. The third kappa shape index (κ3) is 3.50. The van der Waals surface area contributed by atoms with Gasteiger partial charge < -0.3 is 10.6 Å². The van der Waals surface area contributed by atoms with Crippen molar-refractivity contribution in [3.63, 3.8) is 0 Å². The van der Waals surface area contributed by atoms with E-state index in [1.807, 2.05) is 0 Å². The monoisotopic (exact) mass is 278 g/mol. The number of carbonyl (C=O) groups excluding carboxylic acids is 1. The van der Waals surface area contributed by atoms with Gasteiger partial charge in [-0.3, -0.25) is 0 Å². The molecule has 1 aromatic carbocycles. The molecule has 1 aromatic rings. The molecule has 2 N–H and O–H groups in total. The topological polar surface area (TPSA) is 41.1 Å². The van der Waals surface area contributed by atoms with Crippen molar-refractivity contribution in [3.8, 4) is 0 Å². The smallest absolute Gasteiger partial charge is 0.319 e. The van der Waals surface area contributed by atoms with E-state index in [2.05, 4.69) is 24.5 Å². The number of hydrogen-bond acceptors (Lipinski definition) is 1. The Bertz CT molecular complexity index is 489. The van der Waals surface area contributed by atoms with Crippen molar-refractivity contribution in [1.29, 1.82) is 0 Å². The fourth-order valence-electron chi connectivity index (χ4n) is 2.79. The van der Waals surface area contributed by atoms with E-state index >= 15 is 0 Å². The number of hydrogen-bond donors (Lipinski definition) is 2. The lowest BCUT2D eigenvalue weighted by Crippen LogP contribution is -2.45. The van der Waals surface area contributed by atoms with Crippen LogP contribution in [-0.4, -0.2) is 12.1 Å². The van der Waals surface area contributed by atoms with Gasteiger partial charge in [0.1, 0.15) is 5.82 Å². The van der Waals surface area contributed by atoms with Gasteiger partial charge in [-0.2, -0.15) is 0 Å².